The molecule has 0 spiro atoms. The molecule has 0 radical (unpaired) electrons. The van der Waals surface area contributed by atoms with Crippen LogP contribution < -0.4 is 9.95 Å². The number of hydrogen-bond acceptors (Lipinski definition) is 3. The molecule has 2 aromatic carbocycles. The second-order valence-electron chi connectivity index (χ2n) is 6.49. The van der Waals surface area contributed by atoms with Crippen molar-refractivity contribution in [2.24, 2.45) is 0 Å². The van der Waals surface area contributed by atoms with Crippen molar-refractivity contribution in [1.29, 1.82) is 0 Å². The number of rotatable bonds is 8. The van der Waals surface area contributed by atoms with Crippen LogP contribution in [0.3, 0.4) is 0 Å². The average molecular weight is 445 g/mol. The van der Waals surface area contributed by atoms with E-state index in [2.05, 4.69) is 63.6 Å². The fraction of sp³-hybridized carbons (Fsp3) is 0.227. The normalized spacial score (nSPS) is 11.3. The van der Waals surface area contributed by atoms with Crippen molar-refractivity contribution >= 4 is 20.8 Å². The zero-order valence-corrected chi connectivity index (χ0v) is 17.9. The van der Waals surface area contributed by atoms with Gasteiger partial charge in [-0.15, -0.1) is 0 Å². The maximum atomic E-state index is 12.3. The summed E-state index contributed by atoms with van der Waals surface area (Å²) >= 11 is 3.34. The van der Waals surface area contributed by atoms with Crippen LogP contribution in [0.5, 0.6) is 5.75 Å². The van der Waals surface area contributed by atoms with E-state index in [1.807, 2.05) is 12.1 Å². The molecular formula is C22H23O3PSe. The van der Waals surface area contributed by atoms with Gasteiger partial charge in [0.05, 0.1) is 0 Å². The first-order valence-corrected chi connectivity index (χ1v) is 13.3. The molecule has 0 amide bonds. The van der Waals surface area contributed by atoms with Crippen molar-refractivity contribution in [3.05, 3.63) is 100 Å². The summed E-state index contributed by atoms with van der Waals surface area (Å²) in [5.74, 6) is 0.868. The minimum atomic E-state index is -1.96. The Bertz CT molecular complexity index is 920. The summed E-state index contributed by atoms with van der Waals surface area (Å²) in [7, 11) is 0. The molecule has 1 heterocycles. The SMILES string of the molecule is Cc1occc(=O)c1OP(=[Se])(CCc1ccccc1)CCc1ccccc1. The standard InChI is InChI=1S/C22H23O3PSe/c1-18-22(21(23)12-15-24-18)25-26(27,16-13-19-8-4-2-5-9-19)17-14-20-10-6-3-7-11-20/h2-12,15H,13-14,16-17H2,1H3. The summed E-state index contributed by atoms with van der Waals surface area (Å²) in [4.78, 5) is 12.3. The van der Waals surface area contributed by atoms with Gasteiger partial charge >= 0.3 is 168 Å². The van der Waals surface area contributed by atoms with Crippen LogP contribution in [0, 0.1) is 6.92 Å². The Morgan fingerprint density at radius 3 is 1.89 bits per heavy atom. The van der Waals surface area contributed by atoms with E-state index in [0.717, 1.165) is 25.2 Å². The van der Waals surface area contributed by atoms with E-state index in [1.165, 1.54) is 23.5 Å². The molecular weight excluding hydrogens is 422 g/mol. The molecule has 0 fully saturated rings. The molecule has 0 saturated carbocycles. The third kappa shape index (κ3) is 5.81. The van der Waals surface area contributed by atoms with Gasteiger partial charge in [-0.05, 0) is 0 Å². The second kappa shape index (κ2) is 9.37. The Morgan fingerprint density at radius 1 is 0.889 bits per heavy atom. The molecule has 3 rings (SSSR count). The molecule has 27 heavy (non-hydrogen) atoms. The Labute approximate surface area is 167 Å². The monoisotopic (exact) mass is 446 g/mol. The molecule has 140 valence electrons. The summed E-state index contributed by atoms with van der Waals surface area (Å²) in [5, 5.41) is 0. The molecule has 1 aromatic heterocycles. The van der Waals surface area contributed by atoms with Gasteiger partial charge in [0, 0.05) is 0 Å². The third-order valence-corrected chi connectivity index (χ3v) is 9.53. The molecule has 0 saturated heterocycles. The molecule has 3 aromatic rings. The quantitative estimate of drug-likeness (QED) is 0.369. The topological polar surface area (TPSA) is 39.4 Å². The van der Waals surface area contributed by atoms with Gasteiger partial charge in [-0.25, -0.2) is 0 Å². The fourth-order valence-corrected chi connectivity index (χ4v) is 6.64. The second-order valence-corrected chi connectivity index (χ2v) is 13.4. The van der Waals surface area contributed by atoms with Gasteiger partial charge in [0.2, 0.25) is 0 Å². The van der Waals surface area contributed by atoms with Crippen molar-refractivity contribution in [1.82, 2.24) is 0 Å². The van der Waals surface area contributed by atoms with Gasteiger partial charge in [-0.2, -0.15) is 0 Å². The van der Waals surface area contributed by atoms with Gasteiger partial charge in [0.25, 0.3) is 0 Å². The maximum absolute atomic E-state index is 12.3. The van der Waals surface area contributed by atoms with Gasteiger partial charge < -0.3 is 0 Å². The summed E-state index contributed by atoms with van der Waals surface area (Å²) < 4.78 is 11.7. The minimum absolute atomic E-state index is 0.127. The van der Waals surface area contributed by atoms with Crippen LogP contribution in [-0.4, -0.2) is 27.4 Å². The van der Waals surface area contributed by atoms with Crippen molar-refractivity contribution in [3.8, 4) is 5.75 Å². The Morgan fingerprint density at radius 2 is 1.41 bits per heavy atom. The van der Waals surface area contributed by atoms with E-state index < -0.39 is 5.74 Å². The van der Waals surface area contributed by atoms with Crippen LogP contribution in [-0.2, 0) is 12.8 Å². The van der Waals surface area contributed by atoms with Crippen molar-refractivity contribution in [2.75, 3.05) is 12.3 Å². The molecule has 0 unspecified atom stereocenters. The zero-order chi connectivity index (χ0) is 19.1. The molecule has 0 atom stereocenters. The summed E-state index contributed by atoms with van der Waals surface area (Å²) in [6, 6.07) is 22.2. The van der Waals surface area contributed by atoms with E-state index >= 15 is 0 Å². The summed E-state index contributed by atoms with van der Waals surface area (Å²) in [6.07, 6.45) is 4.98. The van der Waals surface area contributed by atoms with E-state index in [9.17, 15) is 4.79 Å². The van der Waals surface area contributed by atoms with E-state index in [0.29, 0.717) is 11.5 Å². The van der Waals surface area contributed by atoms with Gasteiger partial charge in [0.15, 0.2) is 0 Å². The first-order chi connectivity index (χ1) is 13.1. The van der Waals surface area contributed by atoms with Crippen LogP contribution in [0.15, 0.2) is 82.2 Å². The van der Waals surface area contributed by atoms with Crippen LogP contribution >= 0.6 is 5.74 Å². The predicted octanol–water partition coefficient (Wildman–Crippen LogP) is 4.83. The first-order valence-electron chi connectivity index (χ1n) is 9.00. The average Bonchev–Trinajstić information content (AvgIpc) is 2.70. The summed E-state index contributed by atoms with van der Waals surface area (Å²) in [6.45, 7) is 1.77. The van der Waals surface area contributed by atoms with Crippen LogP contribution in [0.2, 0.25) is 0 Å². The van der Waals surface area contributed by atoms with Crippen LogP contribution in [0.4, 0.5) is 0 Å². The van der Waals surface area contributed by atoms with Crippen molar-refractivity contribution in [3.63, 3.8) is 0 Å². The first kappa shape index (κ1) is 19.9. The molecule has 0 aliphatic carbocycles. The number of aryl methyl sites for hydroxylation is 3. The molecule has 0 bridgehead atoms. The number of benzene rings is 2. The van der Waals surface area contributed by atoms with Gasteiger partial charge in [0.1, 0.15) is 0 Å². The Balaban J connectivity index is 1.80. The molecule has 0 aliphatic rings. The molecule has 3 nitrogen and oxygen atoms in total. The number of hydrogen-bond donors (Lipinski definition) is 0. The molecule has 5 heteroatoms. The predicted molar refractivity (Wildman–Crippen MR) is 113 cm³/mol. The van der Waals surface area contributed by atoms with Crippen molar-refractivity contribution in [2.45, 2.75) is 19.8 Å². The summed E-state index contributed by atoms with van der Waals surface area (Å²) in [5.41, 5.74) is 0.462. The van der Waals surface area contributed by atoms with Gasteiger partial charge in [-0.3, -0.25) is 0 Å². The molecule has 0 aliphatic heterocycles. The third-order valence-electron chi connectivity index (χ3n) is 4.43. The van der Waals surface area contributed by atoms with Crippen LogP contribution in [0.1, 0.15) is 16.9 Å². The molecule has 0 N–H and O–H groups in total. The Hall–Kier alpha value is -1.86. The fourth-order valence-electron chi connectivity index (χ4n) is 2.87. The van der Waals surface area contributed by atoms with Gasteiger partial charge in [-0.1, -0.05) is 0 Å². The van der Waals surface area contributed by atoms with E-state index in [1.54, 1.807) is 6.92 Å². The van der Waals surface area contributed by atoms with Crippen LogP contribution in [0.25, 0.3) is 0 Å². The Kier molecular flexibility index (Phi) is 6.90. The van der Waals surface area contributed by atoms with Crippen molar-refractivity contribution < 1.29 is 8.94 Å². The van der Waals surface area contributed by atoms with E-state index in [-0.39, 0.29) is 5.43 Å². The van der Waals surface area contributed by atoms with E-state index in [4.69, 9.17) is 8.94 Å². The zero-order valence-electron chi connectivity index (χ0n) is 15.3.